The summed E-state index contributed by atoms with van der Waals surface area (Å²) in [6.07, 6.45) is 1.81. The van der Waals surface area contributed by atoms with Gasteiger partial charge in [0.1, 0.15) is 5.52 Å². The Balaban J connectivity index is 1.30. The van der Waals surface area contributed by atoms with Crippen molar-refractivity contribution in [2.75, 3.05) is 4.90 Å². The van der Waals surface area contributed by atoms with E-state index in [9.17, 15) is 0 Å². The topological polar surface area (TPSA) is 29.3 Å². The van der Waals surface area contributed by atoms with Gasteiger partial charge in [0.25, 0.3) is 0 Å². The third kappa shape index (κ3) is 3.91. The van der Waals surface area contributed by atoms with Gasteiger partial charge in [-0.1, -0.05) is 91.0 Å². The van der Waals surface area contributed by atoms with Crippen LogP contribution in [0.3, 0.4) is 0 Å². The van der Waals surface area contributed by atoms with Crippen LogP contribution in [0.25, 0.3) is 44.3 Å². The number of pyridine rings is 1. The van der Waals surface area contributed by atoms with Gasteiger partial charge in [-0.2, -0.15) is 0 Å². The molecule has 180 valence electrons. The highest BCUT2D eigenvalue weighted by atomic mass is 16.3. The van der Waals surface area contributed by atoms with Crippen LogP contribution in [0.5, 0.6) is 0 Å². The van der Waals surface area contributed by atoms with Gasteiger partial charge in [-0.05, 0) is 70.8 Å². The average Bonchev–Trinajstić information content (AvgIpc) is 3.39. The van der Waals surface area contributed by atoms with E-state index in [0.29, 0.717) is 0 Å². The maximum atomic E-state index is 6.34. The molecule has 0 amide bonds. The second-order valence-corrected chi connectivity index (χ2v) is 9.27. The molecule has 0 radical (unpaired) electrons. The lowest BCUT2D eigenvalue weighted by Crippen LogP contribution is -2.10. The number of nitrogens with zero attached hydrogens (tertiary/aromatic N) is 2. The number of rotatable bonds is 5. The van der Waals surface area contributed by atoms with Crippen LogP contribution in [0.2, 0.25) is 0 Å². The number of hydrogen-bond acceptors (Lipinski definition) is 3. The molecular formula is C35H24N2O. The van der Waals surface area contributed by atoms with Crippen LogP contribution in [0, 0.1) is 0 Å². The van der Waals surface area contributed by atoms with Crippen LogP contribution in [-0.4, -0.2) is 4.98 Å². The third-order valence-corrected chi connectivity index (χ3v) is 6.94. The van der Waals surface area contributed by atoms with Crippen molar-refractivity contribution in [1.82, 2.24) is 4.98 Å². The van der Waals surface area contributed by atoms with Crippen molar-refractivity contribution in [2.45, 2.75) is 0 Å². The minimum absolute atomic E-state index is 0.789. The zero-order valence-electron chi connectivity index (χ0n) is 20.7. The number of aromatic nitrogens is 1. The molecule has 2 aromatic heterocycles. The molecule has 0 aliphatic heterocycles. The first-order valence-electron chi connectivity index (χ1n) is 12.7. The van der Waals surface area contributed by atoms with Gasteiger partial charge in [-0.25, -0.2) is 0 Å². The van der Waals surface area contributed by atoms with E-state index in [0.717, 1.165) is 39.1 Å². The summed E-state index contributed by atoms with van der Waals surface area (Å²) in [5.74, 6) is 0. The van der Waals surface area contributed by atoms with Gasteiger partial charge in [0.2, 0.25) is 0 Å². The summed E-state index contributed by atoms with van der Waals surface area (Å²) in [5, 5.41) is 1.01. The number of benzene rings is 5. The van der Waals surface area contributed by atoms with Crippen molar-refractivity contribution in [3.8, 4) is 22.3 Å². The zero-order valence-corrected chi connectivity index (χ0v) is 20.7. The van der Waals surface area contributed by atoms with E-state index >= 15 is 0 Å². The minimum atomic E-state index is 0.789. The Labute approximate surface area is 221 Å². The maximum absolute atomic E-state index is 6.34. The fourth-order valence-electron chi connectivity index (χ4n) is 5.07. The van der Waals surface area contributed by atoms with E-state index in [1.165, 1.54) is 22.3 Å². The molecular weight excluding hydrogens is 464 g/mol. The number of anilines is 3. The predicted molar refractivity (Wildman–Crippen MR) is 157 cm³/mol. The zero-order chi connectivity index (χ0) is 25.3. The van der Waals surface area contributed by atoms with E-state index in [2.05, 4.69) is 125 Å². The van der Waals surface area contributed by atoms with Gasteiger partial charge in [-0.15, -0.1) is 0 Å². The minimum Gasteiger partial charge on any atom is -0.452 e. The summed E-state index contributed by atoms with van der Waals surface area (Å²) in [6, 6.07) is 48.5. The highest BCUT2D eigenvalue weighted by molar-refractivity contribution is 6.08. The normalized spacial score (nSPS) is 11.2. The molecule has 38 heavy (non-hydrogen) atoms. The van der Waals surface area contributed by atoms with E-state index in [4.69, 9.17) is 4.42 Å². The van der Waals surface area contributed by atoms with Crippen LogP contribution < -0.4 is 4.90 Å². The molecule has 0 saturated heterocycles. The Kier molecular flexibility index (Phi) is 5.45. The number of hydrogen-bond donors (Lipinski definition) is 0. The molecule has 5 aromatic carbocycles. The molecule has 0 bridgehead atoms. The second-order valence-electron chi connectivity index (χ2n) is 9.27. The molecule has 2 heterocycles. The first-order valence-corrected chi connectivity index (χ1v) is 12.7. The molecule has 0 N–H and O–H groups in total. The van der Waals surface area contributed by atoms with Gasteiger partial charge >= 0.3 is 0 Å². The molecule has 0 aliphatic carbocycles. The van der Waals surface area contributed by atoms with Crippen molar-refractivity contribution in [2.24, 2.45) is 0 Å². The first-order chi connectivity index (χ1) is 18.8. The number of furan rings is 1. The fraction of sp³-hybridized carbons (Fsp3) is 0. The van der Waals surface area contributed by atoms with Gasteiger partial charge in [0, 0.05) is 23.0 Å². The van der Waals surface area contributed by atoms with Crippen LogP contribution >= 0.6 is 0 Å². The predicted octanol–water partition coefficient (Wildman–Crippen LogP) is 9.78. The summed E-state index contributed by atoms with van der Waals surface area (Å²) in [7, 11) is 0. The van der Waals surface area contributed by atoms with E-state index in [-0.39, 0.29) is 0 Å². The molecule has 0 fully saturated rings. The van der Waals surface area contributed by atoms with Gasteiger partial charge in [-0.3, -0.25) is 4.98 Å². The third-order valence-electron chi connectivity index (χ3n) is 6.94. The number of fused-ring (bicyclic) bond motifs is 3. The standard InChI is InChI=1S/C35H24N2O/c1-3-9-25(10-4-1)26-16-18-27(19-17-26)28-20-22-30(23-21-28)37(29-11-5-2-6-12-29)32-14-7-13-31-34-33(38-35(31)32)15-8-24-36-34/h1-24H. The molecule has 3 nitrogen and oxygen atoms in total. The Bertz CT molecular complexity index is 1840. The van der Waals surface area contributed by atoms with Gasteiger partial charge in [0.15, 0.2) is 11.2 Å². The molecule has 0 saturated carbocycles. The summed E-state index contributed by atoms with van der Waals surface area (Å²) >= 11 is 0. The first kappa shape index (κ1) is 22.1. The van der Waals surface area contributed by atoms with Crippen LogP contribution in [0.1, 0.15) is 0 Å². The van der Waals surface area contributed by atoms with Crippen molar-refractivity contribution in [3.05, 3.63) is 146 Å². The Morgan fingerprint density at radius 2 is 1.05 bits per heavy atom. The van der Waals surface area contributed by atoms with Gasteiger partial charge in [0.05, 0.1) is 5.69 Å². The summed E-state index contributed by atoms with van der Waals surface area (Å²) in [4.78, 5) is 6.82. The SMILES string of the molecule is c1ccc(-c2ccc(-c3ccc(N(c4ccccc4)c4cccc5c4oc4cccnc45)cc3)cc2)cc1. The van der Waals surface area contributed by atoms with Crippen molar-refractivity contribution < 1.29 is 4.42 Å². The summed E-state index contributed by atoms with van der Waals surface area (Å²) < 4.78 is 6.34. The highest BCUT2D eigenvalue weighted by Gasteiger charge is 2.19. The lowest BCUT2D eigenvalue weighted by atomic mass is 10.00. The smallest absolute Gasteiger partial charge is 0.161 e. The lowest BCUT2D eigenvalue weighted by molar-refractivity contribution is 0.668. The Morgan fingerprint density at radius 1 is 0.474 bits per heavy atom. The quantitative estimate of drug-likeness (QED) is 0.241. The molecule has 0 aliphatic rings. The summed E-state index contributed by atoms with van der Waals surface area (Å²) in [6.45, 7) is 0. The molecule has 3 heteroatoms. The summed E-state index contributed by atoms with van der Waals surface area (Å²) in [5.41, 5.74) is 10.4. The maximum Gasteiger partial charge on any atom is 0.161 e. The highest BCUT2D eigenvalue weighted by Crippen LogP contribution is 2.41. The lowest BCUT2D eigenvalue weighted by Gasteiger charge is -2.25. The van der Waals surface area contributed by atoms with Crippen molar-refractivity contribution >= 4 is 39.1 Å². The van der Waals surface area contributed by atoms with E-state index in [1.807, 2.05) is 30.5 Å². The Morgan fingerprint density at radius 3 is 1.74 bits per heavy atom. The molecule has 0 atom stereocenters. The van der Waals surface area contributed by atoms with Crippen LogP contribution in [0.4, 0.5) is 17.1 Å². The number of para-hydroxylation sites is 2. The van der Waals surface area contributed by atoms with E-state index in [1.54, 1.807) is 0 Å². The molecule has 7 rings (SSSR count). The fourth-order valence-corrected chi connectivity index (χ4v) is 5.07. The molecule has 7 aromatic rings. The molecule has 0 spiro atoms. The van der Waals surface area contributed by atoms with Crippen LogP contribution in [-0.2, 0) is 0 Å². The van der Waals surface area contributed by atoms with Crippen molar-refractivity contribution in [1.29, 1.82) is 0 Å². The van der Waals surface area contributed by atoms with Crippen LogP contribution in [0.15, 0.2) is 150 Å². The monoisotopic (exact) mass is 488 g/mol. The Hall–Kier alpha value is -5.15. The largest absolute Gasteiger partial charge is 0.452 e. The van der Waals surface area contributed by atoms with Crippen molar-refractivity contribution in [3.63, 3.8) is 0 Å². The van der Waals surface area contributed by atoms with E-state index < -0.39 is 0 Å². The van der Waals surface area contributed by atoms with Gasteiger partial charge < -0.3 is 9.32 Å². The second kappa shape index (κ2) is 9.38. The average molecular weight is 489 g/mol. The molecule has 0 unspecified atom stereocenters.